The highest BCUT2D eigenvalue weighted by molar-refractivity contribution is 6.06. The van der Waals surface area contributed by atoms with E-state index in [1.54, 1.807) is 18.5 Å². The Morgan fingerprint density at radius 3 is 2.48 bits per heavy atom. The Morgan fingerprint density at radius 2 is 1.65 bits per heavy atom. The Balaban J connectivity index is 1.34. The molecule has 0 saturated carbocycles. The van der Waals surface area contributed by atoms with Crippen molar-refractivity contribution in [3.8, 4) is 11.1 Å². The molecule has 2 heterocycles. The molecule has 0 fully saturated rings. The maximum atomic E-state index is 12.8. The zero-order chi connectivity index (χ0) is 21.0. The number of amides is 1. The van der Waals surface area contributed by atoms with Crippen LogP contribution in [-0.2, 0) is 0 Å². The molecule has 0 aliphatic heterocycles. The van der Waals surface area contributed by atoms with Crippen LogP contribution in [0, 0.1) is 0 Å². The summed E-state index contributed by atoms with van der Waals surface area (Å²) in [5.41, 5.74) is 5.12. The van der Waals surface area contributed by atoms with Gasteiger partial charge in [-0.25, -0.2) is 4.98 Å². The molecule has 0 bridgehead atoms. The van der Waals surface area contributed by atoms with Crippen molar-refractivity contribution in [2.45, 2.75) is 0 Å². The van der Waals surface area contributed by atoms with Crippen LogP contribution in [0.15, 0.2) is 97.3 Å². The molecule has 5 aromatic rings. The molecule has 1 amide bonds. The number of carbonyl (C=O) groups is 1. The van der Waals surface area contributed by atoms with Crippen LogP contribution in [0.4, 0.5) is 17.2 Å². The first kappa shape index (κ1) is 18.6. The smallest absolute Gasteiger partial charge is 0.255 e. The van der Waals surface area contributed by atoms with E-state index in [4.69, 9.17) is 0 Å². The quantitative estimate of drug-likeness (QED) is 0.354. The van der Waals surface area contributed by atoms with Crippen LogP contribution in [-0.4, -0.2) is 21.1 Å². The van der Waals surface area contributed by atoms with E-state index in [1.165, 1.54) is 0 Å². The Labute approximate surface area is 179 Å². The molecule has 31 heavy (non-hydrogen) atoms. The third-order valence-corrected chi connectivity index (χ3v) is 5.01. The van der Waals surface area contributed by atoms with E-state index in [9.17, 15) is 4.79 Å². The van der Waals surface area contributed by atoms with Gasteiger partial charge in [-0.2, -0.15) is 5.10 Å². The van der Waals surface area contributed by atoms with E-state index in [0.717, 1.165) is 27.7 Å². The highest BCUT2D eigenvalue weighted by Gasteiger charge is 2.11. The molecule has 3 N–H and O–H groups in total. The summed E-state index contributed by atoms with van der Waals surface area (Å²) in [6, 6.07) is 27.1. The summed E-state index contributed by atoms with van der Waals surface area (Å²) in [7, 11) is 0. The van der Waals surface area contributed by atoms with Crippen LogP contribution in [0.1, 0.15) is 10.4 Å². The van der Waals surface area contributed by atoms with Gasteiger partial charge in [-0.3, -0.25) is 9.89 Å². The zero-order valence-corrected chi connectivity index (χ0v) is 16.5. The first-order chi connectivity index (χ1) is 15.3. The molecule has 2 aromatic heterocycles. The number of pyridine rings is 1. The molecule has 5 rings (SSSR count). The standard InChI is InChI=1S/C25H19N5O/c31-25(19-10-8-18(9-11-19)17-5-2-1-3-6-17)29-22-7-4-14-26-24(22)28-21-13-12-20-16-27-30-23(20)15-21/h1-16H,(H,26,28)(H,27,30)(H,29,31). The Hall–Kier alpha value is -4.45. The lowest BCUT2D eigenvalue weighted by molar-refractivity contribution is 0.102. The van der Waals surface area contributed by atoms with Gasteiger partial charge in [-0.15, -0.1) is 0 Å². The average Bonchev–Trinajstić information content (AvgIpc) is 3.29. The number of rotatable bonds is 5. The van der Waals surface area contributed by atoms with Gasteiger partial charge >= 0.3 is 0 Å². The van der Waals surface area contributed by atoms with E-state index in [0.29, 0.717) is 17.1 Å². The molecule has 0 radical (unpaired) electrons. The summed E-state index contributed by atoms with van der Waals surface area (Å²) in [4.78, 5) is 17.2. The number of H-pyrrole nitrogens is 1. The highest BCUT2D eigenvalue weighted by Crippen LogP contribution is 2.26. The van der Waals surface area contributed by atoms with Gasteiger partial charge in [-0.1, -0.05) is 42.5 Å². The minimum absolute atomic E-state index is 0.195. The lowest BCUT2D eigenvalue weighted by atomic mass is 10.0. The Morgan fingerprint density at radius 1 is 0.839 bits per heavy atom. The molecule has 0 unspecified atom stereocenters. The van der Waals surface area contributed by atoms with Gasteiger partial charge in [0.1, 0.15) is 0 Å². The van der Waals surface area contributed by atoms with Gasteiger partial charge in [0, 0.05) is 22.8 Å². The summed E-state index contributed by atoms with van der Waals surface area (Å²) in [5, 5.41) is 14.2. The van der Waals surface area contributed by atoms with Gasteiger partial charge in [0.15, 0.2) is 5.82 Å². The average molecular weight is 405 g/mol. The number of nitrogens with one attached hydrogen (secondary N) is 3. The number of aromatic nitrogens is 3. The second-order valence-electron chi connectivity index (χ2n) is 7.09. The Bertz CT molecular complexity index is 1340. The number of hydrogen-bond donors (Lipinski definition) is 3. The van der Waals surface area contributed by atoms with Crippen molar-refractivity contribution in [2.24, 2.45) is 0 Å². The maximum absolute atomic E-state index is 12.8. The monoisotopic (exact) mass is 405 g/mol. The van der Waals surface area contributed by atoms with E-state index in [2.05, 4.69) is 25.8 Å². The topological polar surface area (TPSA) is 82.7 Å². The summed E-state index contributed by atoms with van der Waals surface area (Å²) >= 11 is 0. The molecule has 6 nitrogen and oxygen atoms in total. The molecule has 0 aliphatic carbocycles. The fraction of sp³-hybridized carbons (Fsp3) is 0. The molecule has 0 atom stereocenters. The van der Waals surface area contributed by atoms with Crippen molar-refractivity contribution < 1.29 is 4.79 Å². The SMILES string of the molecule is O=C(Nc1cccnc1Nc1ccc2cn[nH]c2c1)c1ccc(-c2ccccc2)cc1. The van der Waals surface area contributed by atoms with E-state index in [1.807, 2.05) is 78.9 Å². The number of aromatic amines is 1. The maximum Gasteiger partial charge on any atom is 0.255 e. The number of benzene rings is 3. The van der Waals surface area contributed by atoms with E-state index >= 15 is 0 Å². The first-order valence-electron chi connectivity index (χ1n) is 9.88. The second-order valence-corrected chi connectivity index (χ2v) is 7.09. The minimum atomic E-state index is -0.195. The van der Waals surface area contributed by atoms with E-state index < -0.39 is 0 Å². The lowest BCUT2D eigenvalue weighted by Crippen LogP contribution is -2.13. The van der Waals surface area contributed by atoms with Crippen LogP contribution in [0.2, 0.25) is 0 Å². The number of anilines is 3. The van der Waals surface area contributed by atoms with Gasteiger partial charge in [0.25, 0.3) is 5.91 Å². The number of nitrogens with zero attached hydrogens (tertiary/aromatic N) is 2. The number of carbonyl (C=O) groups excluding carboxylic acids is 1. The largest absolute Gasteiger partial charge is 0.338 e. The summed E-state index contributed by atoms with van der Waals surface area (Å²) < 4.78 is 0. The normalized spacial score (nSPS) is 10.7. The summed E-state index contributed by atoms with van der Waals surface area (Å²) in [6.07, 6.45) is 3.45. The van der Waals surface area contributed by atoms with Crippen LogP contribution in [0.3, 0.4) is 0 Å². The molecule has 0 aliphatic rings. The first-order valence-corrected chi connectivity index (χ1v) is 9.88. The predicted molar refractivity (Wildman–Crippen MR) is 123 cm³/mol. The van der Waals surface area contributed by atoms with Gasteiger partial charge in [0.2, 0.25) is 0 Å². The summed E-state index contributed by atoms with van der Waals surface area (Å²) in [5.74, 6) is 0.371. The second kappa shape index (κ2) is 8.12. The number of hydrogen-bond acceptors (Lipinski definition) is 4. The summed E-state index contributed by atoms with van der Waals surface area (Å²) in [6.45, 7) is 0. The molecule has 0 spiro atoms. The lowest BCUT2D eigenvalue weighted by Gasteiger charge is -2.12. The van der Waals surface area contributed by atoms with E-state index in [-0.39, 0.29) is 5.91 Å². The van der Waals surface area contributed by atoms with Gasteiger partial charge in [0.05, 0.1) is 17.4 Å². The van der Waals surface area contributed by atoms with Crippen LogP contribution in [0.25, 0.3) is 22.0 Å². The van der Waals surface area contributed by atoms with Crippen molar-refractivity contribution in [3.05, 3.63) is 103 Å². The highest BCUT2D eigenvalue weighted by atomic mass is 16.1. The zero-order valence-electron chi connectivity index (χ0n) is 16.5. The fourth-order valence-corrected chi connectivity index (χ4v) is 3.40. The van der Waals surface area contributed by atoms with Crippen molar-refractivity contribution in [2.75, 3.05) is 10.6 Å². The third kappa shape index (κ3) is 4.00. The van der Waals surface area contributed by atoms with Crippen LogP contribution >= 0.6 is 0 Å². The molecule has 3 aromatic carbocycles. The van der Waals surface area contributed by atoms with Crippen molar-refractivity contribution in [3.63, 3.8) is 0 Å². The molecule has 0 saturated heterocycles. The molecular weight excluding hydrogens is 386 g/mol. The fourth-order valence-electron chi connectivity index (χ4n) is 3.40. The predicted octanol–water partition coefficient (Wildman–Crippen LogP) is 5.62. The van der Waals surface area contributed by atoms with Crippen LogP contribution < -0.4 is 10.6 Å². The third-order valence-electron chi connectivity index (χ3n) is 5.01. The van der Waals surface area contributed by atoms with Crippen molar-refractivity contribution in [1.82, 2.24) is 15.2 Å². The van der Waals surface area contributed by atoms with Gasteiger partial charge in [-0.05, 0) is 53.6 Å². The van der Waals surface area contributed by atoms with Crippen molar-refractivity contribution in [1.29, 1.82) is 0 Å². The number of fused-ring (bicyclic) bond motifs is 1. The molecule has 150 valence electrons. The molecule has 6 heteroatoms. The van der Waals surface area contributed by atoms with Crippen LogP contribution in [0.5, 0.6) is 0 Å². The van der Waals surface area contributed by atoms with Gasteiger partial charge < -0.3 is 10.6 Å². The molecular formula is C25H19N5O. The Kier molecular flexibility index (Phi) is 4.86. The van der Waals surface area contributed by atoms with Crippen molar-refractivity contribution >= 4 is 34.0 Å². The minimum Gasteiger partial charge on any atom is -0.338 e.